The first-order valence-electron chi connectivity index (χ1n) is 10.2. The summed E-state index contributed by atoms with van der Waals surface area (Å²) in [4.78, 5) is 13.1. The summed E-state index contributed by atoms with van der Waals surface area (Å²) in [5.74, 6) is 0. The Bertz CT molecular complexity index is 1290. The lowest BCUT2D eigenvalue weighted by Crippen LogP contribution is -2.47. The first-order chi connectivity index (χ1) is 15.0. The summed E-state index contributed by atoms with van der Waals surface area (Å²) in [7, 11) is 0. The van der Waals surface area contributed by atoms with Crippen LogP contribution in [0.15, 0.2) is 75.9 Å². The molecule has 0 spiro atoms. The van der Waals surface area contributed by atoms with Crippen LogP contribution < -0.4 is 11.2 Å². The van der Waals surface area contributed by atoms with Crippen molar-refractivity contribution >= 4 is 34.1 Å². The van der Waals surface area contributed by atoms with Crippen molar-refractivity contribution in [3.8, 4) is 0 Å². The third-order valence-corrected chi connectivity index (χ3v) is 5.57. The lowest BCUT2D eigenvalue weighted by Gasteiger charge is -2.24. The van der Waals surface area contributed by atoms with Gasteiger partial charge >= 0.3 is 0 Å². The zero-order valence-corrected chi connectivity index (χ0v) is 17.1. The van der Waals surface area contributed by atoms with Gasteiger partial charge in [0, 0.05) is 0 Å². The van der Waals surface area contributed by atoms with E-state index in [1.54, 1.807) is 6.07 Å². The molecule has 5 nitrogen and oxygen atoms in total. The molecule has 0 saturated carbocycles. The average Bonchev–Trinajstić information content (AvgIpc) is 2.82. The van der Waals surface area contributed by atoms with Crippen LogP contribution in [0.1, 0.15) is 23.1 Å². The molecule has 0 fully saturated rings. The summed E-state index contributed by atoms with van der Waals surface area (Å²) in [5.41, 5.74) is 8.84. The quantitative estimate of drug-likeness (QED) is 0.316. The van der Waals surface area contributed by atoms with Crippen LogP contribution in [0.3, 0.4) is 0 Å². The largest absolute Gasteiger partial charge is 0.456 e. The van der Waals surface area contributed by atoms with Crippen LogP contribution >= 0.6 is 0 Å². The van der Waals surface area contributed by atoms with E-state index in [2.05, 4.69) is 0 Å². The smallest absolute Gasteiger partial charge is 0.200 e. The molecule has 0 unspecified atom stereocenters. The van der Waals surface area contributed by atoms with Gasteiger partial charge in [-0.05, 0) is 53.8 Å². The van der Waals surface area contributed by atoms with Gasteiger partial charge in [-0.15, -0.1) is 0 Å². The van der Waals surface area contributed by atoms with E-state index in [1.807, 2.05) is 72.8 Å². The van der Waals surface area contributed by atoms with Crippen molar-refractivity contribution in [2.24, 2.45) is 5.73 Å². The summed E-state index contributed by atoms with van der Waals surface area (Å²) in [6, 6.07) is 21.0. The topological polar surface area (TPSA) is 96.7 Å². The normalized spacial score (nSPS) is 12.2. The molecule has 0 bridgehead atoms. The summed E-state index contributed by atoms with van der Waals surface area (Å²) < 4.78 is 6.02. The number of aryl methyl sites for hydroxylation is 1. The lowest BCUT2D eigenvalue weighted by atomic mass is 9.93. The van der Waals surface area contributed by atoms with E-state index < -0.39 is 5.54 Å². The highest BCUT2D eigenvalue weighted by Crippen LogP contribution is 2.23. The summed E-state index contributed by atoms with van der Waals surface area (Å²) in [5, 5.41) is 19.8. The van der Waals surface area contributed by atoms with E-state index in [0.717, 1.165) is 16.7 Å². The molecule has 1 aromatic heterocycles. The van der Waals surface area contributed by atoms with E-state index in [9.17, 15) is 15.0 Å². The molecule has 4 N–H and O–H groups in total. The third-order valence-electron chi connectivity index (χ3n) is 5.57. The van der Waals surface area contributed by atoms with Crippen molar-refractivity contribution in [1.29, 1.82) is 0 Å². The van der Waals surface area contributed by atoms with Crippen molar-refractivity contribution < 1.29 is 14.6 Å². The number of hydrogen-bond donors (Lipinski definition) is 3. The molecule has 0 aliphatic rings. The van der Waals surface area contributed by atoms with Crippen LogP contribution in [0.5, 0.6) is 0 Å². The van der Waals surface area contributed by atoms with Crippen LogP contribution in [0.4, 0.5) is 0 Å². The van der Waals surface area contributed by atoms with E-state index in [0.29, 0.717) is 34.8 Å². The molecular formula is C26H25NO4. The molecule has 3 aromatic carbocycles. The van der Waals surface area contributed by atoms with Crippen LogP contribution in [0.2, 0.25) is 0 Å². The monoisotopic (exact) mass is 415 g/mol. The van der Waals surface area contributed by atoms with E-state index >= 15 is 0 Å². The van der Waals surface area contributed by atoms with Gasteiger partial charge in [-0.25, -0.2) is 0 Å². The van der Waals surface area contributed by atoms with Crippen LogP contribution in [0.25, 0.3) is 34.1 Å². The Hall–Kier alpha value is -3.25. The first kappa shape index (κ1) is 21.0. The predicted molar refractivity (Wildman–Crippen MR) is 125 cm³/mol. The van der Waals surface area contributed by atoms with Crippen LogP contribution in [0, 0.1) is 0 Å². The predicted octanol–water partition coefficient (Wildman–Crippen LogP) is 3.73. The number of aliphatic hydroxyl groups is 2. The molecule has 31 heavy (non-hydrogen) atoms. The Morgan fingerprint density at radius 1 is 0.839 bits per heavy atom. The molecule has 0 amide bonds. The highest BCUT2D eigenvalue weighted by atomic mass is 16.3. The molecule has 0 aliphatic carbocycles. The van der Waals surface area contributed by atoms with Crippen molar-refractivity contribution in [1.82, 2.24) is 0 Å². The van der Waals surface area contributed by atoms with Crippen molar-refractivity contribution in [2.45, 2.75) is 18.4 Å². The Morgan fingerprint density at radius 3 is 2.32 bits per heavy atom. The standard InChI is InChI=1S/C26H25NO4/c27-26(16-28,17-29)13-12-20-8-10-21-24(15-20)31-23-11-9-19(14-22(23)25(21)30)7-6-18-4-2-1-3-5-18/h1-11,14-15,28-29H,12-13,16-17,27H2/b7-6+. The Morgan fingerprint density at radius 2 is 1.58 bits per heavy atom. The molecule has 158 valence electrons. The Balaban J connectivity index is 1.66. The minimum Gasteiger partial charge on any atom is -0.456 e. The van der Waals surface area contributed by atoms with Gasteiger partial charge in [0.05, 0.1) is 29.5 Å². The highest BCUT2D eigenvalue weighted by Gasteiger charge is 2.22. The SMILES string of the molecule is NC(CO)(CO)CCc1ccc2c(=O)c3cc(/C=C/c4ccccc4)ccc3oc2c1. The molecule has 0 saturated heterocycles. The molecule has 0 radical (unpaired) electrons. The van der Waals surface area contributed by atoms with Gasteiger partial charge in [-0.2, -0.15) is 0 Å². The van der Waals surface area contributed by atoms with Crippen molar-refractivity contribution in [2.75, 3.05) is 13.2 Å². The highest BCUT2D eigenvalue weighted by molar-refractivity contribution is 5.91. The molecule has 4 aromatic rings. The third kappa shape index (κ3) is 4.59. The number of benzene rings is 3. The van der Waals surface area contributed by atoms with Gasteiger partial charge in [-0.1, -0.05) is 54.6 Å². The molecule has 4 rings (SSSR count). The molecular weight excluding hydrogens is 390 g/mol. The molecule has 1 heterocycles. The second-order valence-corrected chi connectivity index (χ2v) is 7.94. The van der Waals surface area contributed by atoms with Gasteiger partial charge < -0.3 is 20.4 Å². The van der Waals surface area contributed by atoms with Gasteiger partial charge in [0.2, 0.25) is 5.43 Å². The second-order valence-electron chi connectivity index (χ2n) is 7.94. The zero-order valence-electron chi connectivity index (χ0n) is 17.1. The van der Waals surface area contributed by atoms with Gasteiger partial charge in [-0.3, -0.25) is 4.79 Å². The van der Waals surface area contributed by atoms with Gasteiger partial charge in [0.1, 0.15) is 11.2 Å². The number of aliphatic hydroxyl groups excluding tert-OH is 2. The van der Waals surface area contributed by atoms with Crippen LogP contribution in [-0.4, -0.2) is 29.0 Å². The Labute approximate surface area is 180 Å². The molecule has 0 atom stereocenters. The van der Waals surface area contributed by atoms with Gasteiger partial charge in [0.25, 0.3) is 0 Å². The van der Waals surface area contributed by atoms with Crippen molar-refractivity contribution in [3.05, 3.63) is 93.6 Å². The number of fused-ring (bicyclic) bond motifs is 2. The maximum Gasteiger partial charge on any atom is 0.200 e. The summed E-state index contributed by atoms with van der Waals surface area (Å²) in [6.07, 6.45) is 4.95. The molecule has 5 heteroatoms. The van der Waals surface area contributed by atoms with Crippen molar-refractivity contribution in [3.63, 3.8) is 0 Å². The summed E-state index contributed by atoms with van der Waals surface area (Å²) in [6.45, 7) is -0.588. The van der Waals surface area contributed by atoms with E-state index in [4.69, 9.17) is 10.2 Å². The minimum atomic E-state index is -1.02. The number of nitrogens with two attached hydrogens (primary N) is 1. The first-order valence-corrected chi connectivity index (χ1v) is 10.2. The fourth-order valence-corrected chi connectivity index (χ4v) is 3.53. The maximum absolute atomic E-state index is 13.1. The average molecular weight is 415 g/mol. The number of hydrogen-bond acceptors (Lipinski definition) is 5. The fraction of sp³-hybridized carbons (Fsp3) is 0.192. The summed E-state index contributed by atoms with van der Waals surface area (Å²) >= 11 is 0. The minimum absolute atomic E-state index is 0.0725. The zero-order chi connectivity index (χ0) is 21.8. The lowest BCUT2D eigenvalue weighted by molar-refractivity contribution is 0.115. The Kier molecular flexibility index (Phi) is 6.00. The van der Waals surface area contributed by atoms with Gasteiger partial charge in [0.15, 0.2) is 0 Å². The van der Waals surface area contributed by atoms with E-state index in [1.165, 1.54) is 0 Å². The fourth-order valence-electron chi connectivity index (χ4n) is 3.53. The molecule has 0 aliphatic heterocycles. The van der Waals surface area contributed by atoms with Crippen LogP contribution in [-0.2, 0) is 6.42 Å². The second kappa shape index (κ2) is 8.86. The maximum atomic E-state index is 13.1. The van der Waals surface area contributed by atoms with E-state index in [-0.39, 0.29) is 18.6 Å². The number of rotatable bonds is 7.